The van der Waals surface area contributed by atoms with Gasteiger partial charge in [0, 0.05) is 49.9 Å². The molecule has 1 saturated heterocycles. The number of non-ortho nitro benzene ring substituents is 1. The molecule has 0 aliphatic carbocycles. The fourth-order valence-electron chi connectivity index (χ4n) is 3.27. The quantitative estimate of drug-likeness (QED) is 0.446. The highest BCUT2D eigenvalue weighted by molar-refractivity contribution is 7.89. The highest BCUT2D eigenvalue weighted by Gasteiger charge is 2.31. The van der Waals surface area contributed by atoms with Crippen LogP contribution >= 0.6 is 0 Å². The third-order valence-electron chi connectivity index (χ3n) is 4.91. The second kappa shape index (κ2) is 9.28. The van der Waals surface area contributed by atoms with Crippen molar-refractivity contribution < 1.29 is 27.8 Å². The molecular formula is C19H20N4O8S. The lowest BCUT2D eigenvalue weighted by Gasteiger charge is -2.34. The molecule has 1 fully saturated rings. The van der Waals surface area contributed by atoms with Crippen LogP contribution in [0.4, 0.5) is 11.4 Å². The van der Waals surface area contributed by atoms with E-state index in [-0.39, 0.29) is 60.4 Å². The smallest absolute Gasteiger partial charge is 0.311 e. The Kier molecular flexibility index (Phi) is 6.69. The summed E-state index contributed by atoms with van der Waals surface area (Å²) in [4.78, 5) is 34.9. The molecular weight excluding hydrogens is 444 g/mol. The average molecular weight is 464 g/mol. The summed E-state index contributed by atoms with van der Waals surface area (Å²) < 4.78 is 32.0. The Bertz CT molecular complexity index is 1140. The lowest BCUT2D eigenvalue weighted by atomic mass is 10.1. The van der Waals surface area contributed by atoms with Crippen LogP contribution < -0.4 is 4.74 Å². The number of amides is 1. The molecule has 13 heteroatoms. The van der Waals surface area contributed by atoms with Gasteiger partial charge in [-0.25, -0.2) is 8.42 Å². The van der Waals surface area contributed by atoms with Crippen molar-refractivity contribution in [3.05, 3.63) is 68.3 Å². The van der Waals surface area contributed by atoms with Crippen molar-refractivity contribution in [2.45, 2.75) is 11.8 Å². The summed E-state index contributed by atoms with van der Waals surface area (Å²) in [5.41, 5.74) is -0.437. The van der Waals surface area contributed by atoms with Crippen molar-refractivity contribution in [1.82, 2.24) is 9.21 Å². The highest BCUT2D eigenvalue weighted by atomic mass is 32.2. The third-order valence-corrected chi connectivity index (χ3v) is 6.83. The van der Waals surface area contributed by atoms with Gasteiger partial charge in [0.1, 0.15) is 0 Å². The molecule has 2 aromatic carbocycles. The summed E-state index contributed by atoms with van der Waals surface area (Å²) in [5.74, 6) is -0.392. The second-order valence-corrected chi connectivity index (χ2v) is 8.76. The van der Waals surface area contributed by atoms with Crippen molar-refractivity contribution in [2.75, 3.05) is 32.8 Å². The number of nitrogens with zero attached hydrogens (tertiary/aromatic N) is 4. The van der Waals surface area contributed by atoms with Gasteiger partial charge in [-0.1, -0.05) is 0 Å². The van der Waals surface area contributed by atoms with Gasteiger partial charge in [-0.3, -0.25) is 25.0 Å². The van der Waals surface area contributed by atoms with Crippen LogP contribution in [0.1, 0.15) is 17.3 Å². The van der Waals surface area contributed by atoms with E-state index in [1.54, 1.807) is 6.92 Å². The number of rotatable bonds is 7. The number of ether oxygens (including phenoxy) is 1. The summed E-state index contributed by atoms with van der Waals surface area (Å²) in [6.45, 7) is 2.14. The van der Waals surface area contributed by atoms with E-state index in [4.69, 9.17) is 4.74 Å². The van der Waals surface area contributed by atoms with E-state index in [1.807, 2.05) is 0 Å². The molecule has 12 nitrogen and oxygen atoms in total. The van der Waals surface area contributed by atoms with Gasteiger partial charge in [0.2, 0.25) is 10.0 Å². The molecule has 1 aliphatic heterocycles. The lowest BCUT2D eigenvalue weighted by Crippen LogP contribution is -2.50. The fraction of sp³-hybridized carbons (Fsp3) is 0.316. The van der Waals surface area contributed by atoms with E-state index in [2.05, 4.69) is 0 Å². The van der Waals surface area contributed by atoms with Gasteiger partial charge in [0.05, 0.1) is 21.3 Å². The Morgan fingerprint density at radius 1 is 1.00 bits per heavy atom. The van der Waals surface area contributed by atoms with Crippen LogP contribution in [0.15, 0.2) is 47.4 Å². The molecule has 0 atom stereocenters. The molecule has 2 aromatic rings. The Morgan fingerprint density at radius 2 is 1.62 bits per heavy atom. The normalized spacial score (nSPS) is 14.7. The number of carbonyl (C=O) groups is 1. The Morgan fingerprint density at radius 3 is 2.16 bits per heavy atom. The second-order valence-electron chi connectivity index (χ2n) is 6.82. The molecule has 1 amide bonds. The van der Waals surface area contributed by atoms with E-state index >= 15 is 0 Å². The molecule has 0 spiro atoms. The van der Waals surface area contributed by atoms with Gasteiger partial charge in [-0.15, -0.1) is 0 Å². The number of carbonyl (C=O) groups excluding carboxylic acids is 1. The molecule has 0 N–H and O–H groups in total. The Labute approximate surface area is 183 Å². The first kappa shape index (κ1) is 23.1. The van der Waals surface area contributed by atoms with Crippen LogP contribution in [0.25, 0.3) is 0 Å². The van der Waals surface area contributed by atoms with E-state index < -0.39 is 25.8 Å². The van der Waals surface area contributed by atoms with Crippen molar-refractivity contribution in [2.24, 2.45) is 0 Å². The lowest BCUT2D eigenvalue weighted by molar-refractivity contribution is -0.385. The Hall–Kier alpha value is -3.58. The fourth-order valence-corrected chi connectivity index (χ4v) is 4.70. The first-order valence-electron chi connectivity index (χ1n) is 9.60. The predicted octanol–water partition coefficient (Wildman–Crippen LogP) is 2.05. The first-order valence-corrected chi connectivity index (χ1v) is 11.0. The van der Waals surface area contributed by atoms with Gasteiger partial charge in [0.25, 0.3) is 11.6 Å². The number of hydrogen-bond donors (Lipinski definition) is 0. The summed E-state index contributed by atoms with van der Waals surface area (Å²) in [7, 11) is -3.88. The molecule has 1 heterocycles. The number of piperazine rings is 1. The van der Waals surface area contributed by atoms with Crippen LogP contribution in [0.2, 0.25) is 0 Å². The Balaban J connectivity index is 1.71. The zero-order valence-electron chi connectivity index (χ0n) is 17.0. The number of benzene rings is 2. The van der Waals surface area contributed by atoms with Crippen molar-refractivity contribution in [3.8, 4) is 5.75 Å². The number of hydrogen-bond acceptors (Lipinski definition) is 8. The molecule has 3 rings (SSSR count). The van der Waals surface area contributed by atoms with E-state index in [1.165, 1.54) is 33.5 Å². The maximum atomic E-state index is 12.8. The van der Waals surface area contributed by atoms with Crippen molar-refractivity contribution in [3.63, 3.8) is 0 Å². The van der Waals surface area contributed by atoms with Crippen molar-refractivity contribution >= 4 is 27.3 Å². The molecule has 0 radical (unpaired) electrons. The topological polar surface area (TPSA) is 153 Å². The molecule has 32 heavy (non-hydrogen) atoms. The molecule has 0 bridgehead atoms. The van der Waals surface area contributed by atoms with Gasteiger partial charge in [-0.2, -0.15) is 4.31 Å². The largest absolute Gasteiger partial charge is 0.487 e. The van der Waals surface area contributed by atoms with Gasteiger partial charge in [0.15, 0.2) is 5.75 Å². The van der Waals surface area contributed by atoms with E-state index in [0.29, 0.717) is 0 Å². The number of nitro benzene ring substituents is 2. The van der Waals surface area contributed by atoms with E-state index in [0.717, 1.165) is 18.2 Å². The maximum absolute atomic E-state index is 12.8. The highest BCUT2D eigenvalue weighted by Crippen LogP contribution is 2.29. The summed E-state index contributed by atoms with van der Waals surface area (Å²) in [6, 6.07) is 8.52. The number of sulfonamides is 1. The first-order chi connectivity index (χ1) is 15.1. The maximum Gasteiger partial charge on any atom is 0.311 e. The minimum Gasteiger partial charge on any atom is -0.487 e. The van der Waals surface area contributed by atoms with Crippen LogP contribution in [-0.4, -0.2) is 66.2 Å². The average Bonchev–Trinajstić information content (AvgIpc) is 2.79. The number of nitro groups is 2. The van der Waals surface area contributed by atoms with Crippen LogP contribution in [0.3, 0.4) is 0 Å². The van der Waals surface area contributed by atoms with Gasteiger partial charge < -0.3 is 9.64 Å². The molecule has 0 unspecified atom stereocenters. The van der Waals surface area contributed by atoms with Crippen LogP contribution in [-0.2, 0) is 10.0 Å². The summed E-state index contributed by atoms with van der Waals surface area (Å²) in [6.07, 6.45) is 0. The zero-order chi connectivity index (χ0) is 23.5. The predicted molar refractivity (Wildman–Crippen MR) is 112 cm³/mol. The minimum atomic E-state index is -3.88. The zero-order valence-corrected chi connectivity index (χ0v) is 17.9. The van der Waals surface area contributed by atoms with Crippen molar-refractivity contribution in [1.29, 1.82) is 0 Å². The molecule has 1 aliphatic rings. The standard InChI is InChI=1S/C19H20N4O8S/c1-2-31-18-8-3-14(13-17(18)23(27)28)19(24)20-9-11-21(12-10-20)32(29,30)16-6-4-15(5-7-16)22(25)26/h3-8,13H,2,9-12H2,1H3. The summed E-state index contributed by atoms with van der Waals surface area (Å²) in [5, 5.41) is 22.0. The summed E-state index contributed by atoms with van der Waals surface area (Å²) >= 11 is 0. The van der Waals surface area contributed by atoms with Gasteiger partial charge in [-0.05, 0) is 31.2 Å². The monoisotopic (exact) mass is 464 g/mol. The molecule has 170 valence electrons. The SMILES string of the molecule is CCOc1ccc(C(=O)N2CCN(S(=O)(=O)c3ccc([N+](=O)[O-])cc3)CC2)cc1[N+](=O)[O-]. The molecule has 0 aromatic heterocycles. The van der Waals surface area contributed by atoms with Crippen LogP contribution in [0, 0.1) is 20.2 Å². The van der Waals surface area contributed by atoms with Gasteiger partial charge >= 0.3 is 5.69 Å². The van der Waals surface area contributed by atoms with Crippen LogP contribution in [0.5, 0.6) is 5.75 Å². The van der Waals surface area contributed by atoms with E-state index in [9.17, 15) is 33.4 Å². The molecule has 0 saturated carbocycles. The third kappa shape index (κ3) is 4.68. The minimum absolute atomic E-state index is 0.0180.